The Morgan fingerprint density at radius 1 is 1.21 bits per heavy atom. The van der Waals surface area contributed by atoms with Gasteiger partial charge in [-0.3, -0.25) is 4.79 Å². The summed E-state index contributed by atoms with van der Waals surface area (Å²) < 4.78 is 1.75. The third-order valence-corrected chi connectivity index (χ3v) is 6.63. The second-order valence-corrected chi connectivity index (χ2v) is 9.02. The van der Waals surface area contributed by atoms with Gasteiger partial charge in [-0.25, -0.2) is 15.0 Å². The first-order chi connectivity index (χ1) is 16.3. The number of nitrogens with two attached hydrogens (primary N) is 2. The number of aromatic nitrogens is 4. The monoisotopic (exact) mass is 469 g/mol. The molecule has 0 radical (unpaired) electrons. The summed E-state index contributed by atoms with van der Waals surface area (Å²) >= 11 is 0. The van der Waals surface area contributed by atoms with Gasteiger partial charge < -0.3 is 36.7 Å². The molecule has 0 bridgehead atoms. The number of carboxylic acid groups (broad SMARTS) is 1. The smallest absolute Gasteiger partial charge is 0.320 e. The fourth-order valence-corrected chi connectivity index (χ4v) is 4.69. The van der Waals surface area contributed by atoms with E-state index in [0.29, 0.717) is 36.4 Å². The summed E-state index contributed by atoms with van der Waals surface area (Å²) in [6.07, 6.45) is 1.82. The summed E-state index contributed by atoms with van der Waals surface area (Å²) in [5, 5.41) is 33.7. The number of aliphatic hydroxyl groups excluding tert-OH is 2. The van der Waals surface area contributed by atoms with Crippen LogP contribution in [-0.2, 0) is 11.3 Å². The van der Waals surface area contributed by atoms with Gasteiger partial charge in [0.05, 0.1) is 18.5 Å². The van der Waals surface area contributed by atoms with Crippen molar-refractivity contribution in [3.05, 3.63) is 48.0 Å². The van der Waals surface area contributed by atoms with E-state index < -0.39 is 42.2 Å². The van der Waals surface area contributed by atoms with Gasteiger partial charge in [-0.2, -0.15) is 0 Å². The topological polar surface area (TPSA) is 185 Å². The maximum Gasteiger partial charge on any atom is 0.320 e. The van der Waals surface area contributed by atoms with Gasteiger partial charge in [0.15, 0.2) is 11.5 Å². The first-order valence-electron chi connectivity index (χ1n) is 11.3. The molecule has 4 rings (SSSR count). The maximum atomic E-state index is 11.0. The van der Waals surface area contributed by atoms with E-state index in [9.17, 15) is 15.0 Å². The number of hydrogen-bond donors (Lipinski definition) is 6. The summed E-state index contributed by atoms with van der Waals surface area (Å²) in [5.41, 5.74) is 15.2. The molecule has 0 unspecified atom stereocenters. The number of rotatable bonds is 9. The molecule has 11 heteroatoms. The lowest BCUT2D eigenvalue weighted by Gasteiger charge is -2.23. The second kappa shape index (κ2) is 10.0. The lowest BCUT2D eigenvalue weighted by Crippen LogP contribution is -2.40. The first-order valence-corrected chi connectivity index (χ1v) is 11.3. The van der Waals surface area contributed by atoms with Crippen molar-refractivity contribution in [2.24, 2.45) is 17.4 Å². The average Bonchev–Trinajstić information content (AvgIpc) is 3.37. The lowest BCUT2D eigenvalue weighted by molar-refractivity contribution is -0.138. The summed E-state index contributed by atoms with van der Waals surface area (Å²) in [7, 11) is 0. The van der Waals surface area contributed by atoms with Gasteiger partial charge >= 0.3 is 5.97 Å². The van der Waals surface area contributed by atoms with Gasteiger partial charge in [0.2, 0.25) is 0 Å². The zero-order valence-electron chi connectivity index (χ0n) is 19.0. The summed E-state index contributed by atoms with van der Waals surface area (Å²) in [6, 6.07) is 6.16. The molecule has 8 N–H and O–H groups in total. The predicted octanol–water partition coefficient (Wildman–Crippen LogP) is 0.549. The number of imidazole rings is 1. The van der Waals surface area contributed by atoms with E-state index in [1.165, 1.54) is 11.9 Å². The Hall–Kier alpha value is -3.12. The highest BCUT2D eigenvalue weighted by Gasteiger charge is 2.45. The Balaban J connectivity index is 1.50. The van der Waals surface area contributed by atoms with Gasteiger partial charge in [-0.15, -0.1) is 0 Å². The fourth-order valence-electron chi connectivity index (χ4n) is 4.69. The number of carboxylic acids is 1. The van der Waals surface area contributed by atoms with E-state index in [1.807, 2.05) is 25.1 Å². The van der Waals surface area contributed by atoms with Crippen LogP contribution in [0, 0.1) is 12.8 Å². The largest absolute Gasteiger partial charge is 0.480 e. The molecule has 6 atom stereocenters. The Labute approximate surface area is 196 Å². The van der Waals surface area contributed by atoms with Crippen LogP contribution in [0.4, 0.5) is 5.82 Å². The van der Waals surface area contributed by atoms with Crippen molar-refractivity contribution in [2.75, 3.05) is 5.32 Å². The number of nitrogens with one attached hydrogen (secondary N) is 1. The van der Waals surface area contributed by atoms with Gasteiger partial charge in [0.25, 0.3) is 0 Å². The minimum absolute atomic E-state index is 0.192. The molecule has 1 aliphatic carbocycles. The number of aliphatic hydroxyl groups is 2. The minimum atomic E-state index is -1.09. The SMILES string of the molecule is Cc1cccc(CNc2ncnc3c2ncn3[C@@H]2C[C@H]([C@H](N)CC[C@H](N)C(=O)O)[C@@H](O)[C@H]2O)c1. The Morgan fingerprint density at radius 3 is 2.74 bits per heavy atom. The normalized spacial score (nSPS) is 24.3. The highest BCUT2D eigenvalue weighted by molar-refractivity contribution is 5.82. The molecule has 1 saturated carbocycles. The summed E-state index contributed by atoms with van der Waals surface area (Å²) in [6.45, 7) is 2.61. The van der Waals surface area contributed by atoms with Crippen LogP contribution in [0.5, 0.6) is 0 Å². The number of hydrogen-bond acceptors (Lipinski definition) is 9. The van der Waals surface area contributed by atoms with Crippen LogP contribution < -0.4 is 16.8 Å². The van der Waals surface area contributed by atoms with Crippen molar-refractivity contribution in [2.45, 2.75) is 63.1 Å². The Bertz CT molecular complexity index is 1150. The van der Waals surface area contributed by atoms with E-state index in [-0.39, 0.29) is 6.42 Å². The van der Waals surface area contributed by atoms with E-state index in [0.717, 1.165) is 5.56 Å². The van der Waals surface area contributed by atoms with Crippen LogP contribution in [-0.4, -0.2) is 65.1 Å². The predicted molar refractivity (Wildman–Crippen MR) is 126 cm³/mol. The lowest BCUT2D eigenvalue weighted by atomic mass is 9.91. The van der Waals surface area contributed by atoms with Crippen LogP contribution in [0.15, 0.2) is 36.9 Å². The van der Waals surface area contributed by atoms with Crippen molar-refractivity contribution < 1.29 is 20.1 Å². The van der Waals surface area contributed by atoms with Crippen molar-refractivity contribution >= 4 is 23.0 Å². The fraction of sp³-hybridized carbons (Fsp3) is 0.478. The molecule has 3 aromatic rings. The quantitative estimate of drug-likeness (QED) is 0.258. The molecule has 0 spiro atoms. The Morgan fingerprint density at radius 2 is 2.00 bits per heavy atom. The molecular formula is C23H31N7O4. The molecule has 11 nitrogen and oxygen atoms in total. The molecule has 182 valence electrons. The van der Waals surface area contributed by atoms with Crippen LogP contribution in [0.1, 0.15) is 36.4 Å². The van der Waals surface area contributed by atoms with Gasteiger partial charge in [0, 0.05) is 18.5 Å². The third kappa shape index (κ3) is 4.87. The summed E-state index contributed by atoms with van der Waals surface area (Å²) in [5.74, 6) is -0.929. The van der Waals surface area contributed by atoms with Crippen molar-refractivity contribution in [3.63, 3.8) is 0 Å². The minimum Gasteiger partial charge on any atom is -0.480 e. The van der Waals surface area contributed by atoms with Crippen molar-refractivity contribution in [1.29, 1.82) is 0 Å². The van der Waals surface area contributed by atoms with Crippen molar-refractivity contribution in [1.82, 2.24) is 19.5 Å². The summed E-state index contributed by atoms with van der Waals surface area (Å²) in [4.78, 5) is 24.1. The van der Waals surface area contributed by atoms with Gasteiger partial charge in [-0.05, 0) is 31.7 Å². The third-order valence-electron chi connectivity index (χ3n) is 6.63. The number of benzene rings is 1. The molecule has 2 aromatic heterocycles. The molecule has 1 fully saturated rings. The molecular weight excluding hydrogens is 438 g/mol. The number of carbonyl (C=O) groups is 1. The molecule has 34 heavy (non-hydrogen) atoms. The molecule has 0 saturated heterocycles. The van der Waals surface area contributed by atoms with Gasteiger partial charge in [0.1, 0.15) is 24.0 Å². The number of fused-ring (bicyclic) bond motifs is 1. The first kappa shape index (κ1) is 24.0. The van der Waals surface area contributed by atoms with E-state index in [1.54, 1.807) is 10.9 Å². The zero-order valence-corrected chi connectivity index (χ0v) is 19.0. The molecule has 1 aliphatic rings. The van der Waals surface area contributed by atoms with E-state index in [2.05, 4.69) is 26.3 Å². The number of anilines is 1. The molecule has 2 heterocycles. The second-order valence-electron chi connectivity index (χ2n) is 9.02. The molecule has 0 amide bonds. The Kier molecular flexibility index (Phi) is 7.08. The highest BCUT2D eigenvalue weighted by Crippen LogP contribution is 2.39. The maximum absolute atomic E-state index is 11.0. The average molecular weight is 470 g/mol. The van der Waals surface area contributed by atoms with Crippen LogP contribution in [0.25, 0.3) is 11.2 Å². The molecule has 1 aromatic carbocycles. The van der Waals surface area contributed by atoms with Gasteiger partial charge in [-0.1, -0.05) is 29.8 Å². The van der Waals surface area contributed by atoms with Crippen LogP contribution in [0.2, 0.25) is 0 Å². The molecule has 0 aliphatic heterocycles. The highest BCUT2D eigenvalue weighted by atomic mass is 16.4. The van der Waals surface area contributed by atoms with Crippen LogP contribution >= 0.6 is 0 Å². The number of aryl methyl sites for hydroxylation is 1. The van der Waals surface area contributed by atoms with E-state index in [4.69, 9.17) is 16.6 Å². The van der Waals surface area contributed by atoms with E-state index >= 15 is 0 Å². The van der Waals surface area contributed by atoms with Crippen molar-refractivity contribution in [3.8, 4) is 0 Å². The van der Waals surface area contributed by atoms with Crippen LogP contribution in [0.3, 0.4) is 0 Å². The number of aliphatic carboxylic acids is 1. The number of nitrogens with zero attached hydrogens (tertiary/aromatic N) is 4. The zero-order chi connectivity index (χ0) is 24.4. The standard InChI is InChI=1S/C23H31N7O4/c1-12-3-2-4-13(7-12)9-26-21-18-22(28-10-27-21)30(11-29-18)17-8-14(19(31)20(17)32)15(24)5-6-16(25)23(33)34/h2-4,7,10-11,14-17,19-20,31-32H,5-6,8-9,24-25H2,1H3,(H,33,34)(H,26,27,28)/t14-,15-,16+,17-,19-,20+/m1/s1.